The first kappa shape index (κ1) is 9.77. The van der Waals surface area contributed by atoms with Gasteiger partial charge in [-0.2, -0.15) is 0 Å². The van der Waals surface area contributed by atoms with Crippen molar-refractivity contribution < 1.29 is 9.53 Å². The summed E-state index contributed by atoms with van der Waals surface area (Å²) in [4.78, 5) is 11.1. The summed E-state index contributed by atoms with van der Waals surface area (Å²) < 4.78 is 4.95. The number of rotatable bonds is 2. The SMILES string of the molecule is C[C@@H]1OC(=O)[C@@H]1[C@H](C)[Si](C)(C)C. The first-order valence-corrected chi connectivity index (χ1v) is 8.12. The van der Waals surface area contributed by atoms with E-state index < -0.39 is 8.07 Å². The Hall–Kier alpha value is -0.313. The van der Waals surface area contributed by atoms with Crippen LogP contribution >= 0.6 is 0 Å². The molecule has 1 aliphatic rings. The Labute approximate surface area is 75.3 Å². The van der Waals surface area contributed by atoms with E-state index in [4.69, 9.17) is 4.74 Å². The molecule has 12 heavy (non-hydrogen) atoms. The minimum atomic E-state index is -1.18. The first-order chi connectivity index (χ1) is 5.34. The molecule has 0 bridgehead atoms. The molecule has 0 N–H and O–H groups in total. The van der Waals surface area contributed by atoms with Gasteiger partial charge in [0, 0.05) is 8.07 Å². The highest BCUT2D eigenvalue weighted by Gasteiger charge is 2.46. The van der Waals surface area contributed by atoms with Gasteiger partial charge in [0.1, 0.15) is 6.10 Å². The van der Waals surface area contributed by atoms with Crippen molar-refractivity contribution in [1.82, 2.24) is 0 Å². The normalized spacial score (nSPS) is 32.2. The molecule has 3 heteroatoms. The van der Waals surface area contributed by atoms with Crippen LogP contribution in [0.3, 0.4) is 0 Å². The fourth-order valence-electron chi connectivity index (χ4n) is 1.60. The second-order valence-corrected chi connectivity index (χ2v) is 10.5. The van der Waals surface area contributed by atoms with Crippen LogP contribution in [0.25, 0.3) is 0 Å². The zero-order valence-electron chi connectivity index (χ0n) is 8.55. The van der Waals surface area contributed by atoms with E-state index in [0.717, 1.165) is 0 Å². The van der Waals surface area contributed by atoms with E-state index in [2.05, 4.69) is 26.6 Å². The van der Waals surface area contributed by atoms with Crippen LogP contribution in [0, 0.1) is 5.92 Å². The van der Waals surface area contributed by atoms with E-state index in [0.29, 0.717) is 5.54 Å². The molecule has 0 spiro atoms. The van der Waals surface area contributed by atoms with Crippen molar-refractivity contribution in [2.45, 2.75) is 45.1 Å². The van der Waals surface area contributed by atoms with Crippen molar-refractivity contribution in [2.75, 3.05) is 0 Å². The smallest absolute Gasteiger partial charge is 0.312 e. The van der Waals surface area contributed by atoms with Crippen molar-refractivity contribution in [2.24, 2.45) is 5.92 Å². The molecular weight excluding hydrogens is 168 g/mol. The third-order valence-corrected chi connectivity index (χ3v) is 6.08. The predicted molar refractivity (Wildman–Crippen MR) is 51.8 cm³/mol. The van der Waals surface area contributed by atoms with Gasteiger partial charge in [0.05, 0.1) is 5.92 Å². The van der Waals surface area contributed by atoms with E-state index >= 15 is 0 Å². The van der Waals surface area contributed by atoms with E-state index in [1.165, 1.54) is 0 Å². The Bertz CT molecular complexity index is 195. The van der Waals surface area contributed by atoms with Crippen LogP contribution in [0.4, 0.5) is 0 Å². The van der Waals surface area contributed by atoms with Crippen LogP contribution in [0.2, 0.25) is 25.2 Å². The molecule has 1 fully saturated rings. The van der Waals surface area contributed by atoms with E-state index in [9.17, 15) is 4.79 Å². The Morgan fingerprint density at radius 1 is 1.42 bits per heavy atom. The van der Waals surface area contributed by atoms with Crippen molar-refractivity contribution in [3.63, 3.8) is 0 Å². The van der Waals surface area contributed by atoms with Gasteiger partial charge in [0.2, 0.25) is 0 Å². The number of ether oxygens (including phenoxy) is 1. The standard InChI is InChI=1S/C9H18O2Si/c1-6-8(9(10)11-6)7(2)12(3,4)5/h6-8H,1-5H3/t6-,7-,8-/m0/s1. The van der Waals surface area contributed by atoms with Gasteiger partial charge in [-0.3, -0.25) is 4.79 Å². The summed E-state index contributed by atoms with van der Waals surface area (Å²) in [6, 6.07) is 0. The molecular formula is C9H18O2Si. The summed E-state index contributed by atoms with van der Waals surface area (Å²) in [5.41, 5.74) is 0.536. The lowest BCUT2D eigenvalue weighted by molar-refractivity contribution is -0.182. The molecule has 0 aromatic heterocycles. The highest BCUT2D eigenvalue weighted by Crippen LogP contribution is 2.38. The number of carbonyl (C=O) groups is 1. The average Bonchev–Trinajstić information content (AvgIpc) is 1.84. The van der Waals surface area contributed by atoms with Crippen molar-refractivity contribution in [3.05, 3.63) is 0 Å². The molecule has 0 aliphatic carbocycles. The van der Waals surface area contributed by atoms with E-state index in [1.54, 1.807) is 0 Å². The third-order valence-electron chi connectivity index (χ3n) is 2.98. The highest BCUT2D eigenvalue weighted by atomic mass is 28.3. The molecule has 3 atom stereocenters. The van der Waals surface area contributed by atoms with Gasteiger partial charge in [-0.05, 0) is 12.5 Å². The van der Waals surface area contributed by atoms with Gasteiger partial charge in [0.15, 0.2) is 0 Å². The molecule has 1 rings (SSSR count). The lowest BCUT2D eigenvalue weighted by Crippen LogP contribution is -2.50. The maximum absolute atomic E-state index is 11.1. The van der Waals surface area contributed by atoms with Gasteiger partial charge in [0.25, 0.3) is 0 Å². The fourth-order valence-corrected chi connectivity index (χ4v) is 3.09. The lowest BCUT2D eigenvalue weighted by Gasteiger charge is -2.41. The monoisotopic (exact) mass is 186 g/mol. The molecule has 0 saturated carbocycles. The second-order valence-electron chi connectivity index (χ2n) is 4.82. The summed E-state index contributed by atoms with van der Waals surface area (Å²) in [6.07, 6.45) is 0.152. The molecule has 1 saturated heterocycles. The molecule has 0 amide bonds. The van der Waals surface area contributed by atoms with Crippen LogP contribution in [-0.2, 0) is 9.53 Å². The van der Waals surface area contributed by atoms with Gasteiger partial charge in [-0.15, -0.1) is 0 Å². The second kappa shape index (κ2) is 2.87. The Morgan fingerprint density at radius 2 is 1.92 bits per heavy atom. The van der Waals surface area contributed by atoms with Crippen molar-refractivity contribution >= 4 is 14.0 Å². The maximum Gasteiger partial charge on any atom is 0.312 e. The number of hydrogen-bond donors (Lipinski definition) is 0. The molecule has 0 unspecified atom stereocenters. The lowest BCUT2D eigenvalue weighted by atomic mass is 9.95. The Balaban J connectivity index is 2.64. The van der Waals surface area contributed by atoms with Crippen LogP contribution in [0.5, 0.6) is 0 Å². The summed E-state index contributed by atoms with van der Waals surface area (Å²) >= 11 is 0. The average molecular weight is 186 g/mol. The van der Waals surface area contributed by atoms with Crippen LogP contribution in [0.1, 0.15) is 13.8 Å². The molecule has 2 nitrogen and oxygen atoms in total. The van der Waals surface area contributed by atoms with E-state index in [1.807, 2.05) is 6.92 Å². The third kappa shape index (κ3) is 1.55. The number of cyclic esters (lactones) is 1. The van der Waals surface area contributed by atoms with Gasteiger partial charge in [-0.1, -0.05) is 26.6 Å². The molecule has 1 heterocycles. The minimum absolute atomic E-state index is 0.0115. The van der Waals surface area contributed by atoms with Gasteiger partial charge >= 0.3 is 5.97 Å². The van der Waals surface area contributed by atoms with Crippen LogP contribution < -0.4 is 0 Å². The highest BCUT2D eigenvalue weighted by molar-refractivity contribution is 6.77. The molecule has 1 aliphatic heterocycles. The predicted octanol–water partition coefficient (Wildman–Crippen LogP) is 2.28. The number of hydrogen-bond acceptors (Lipinski definition) is 2. The molecule has 0 aromatic rings. The largest absolute Gasteiger partial charge is 0.461 e. The maximum atomic E-state index is 11.1. The Kier molecular flexibility index (Phi) is 2.34. The van der Waals surface area contributed by atoms with Crippen LogP contribution in [-0.4, -0.2) is 20.1 Å². The topological polar surface area (TPSA) is 26.3 Å². The van der Waals surface area contributed by atoms with Gasteiger partial charge < -0.3 is 4.74 Å². The zero-order chi connectivity index (χ0) is 9.52. The molecule has 70 valence electrons. The number of carbonyl (C=O) groups excluding carboxylic acids is 1. The first-order valence-electron chi connectivity index (χ1n) is 4.54. The number of esters is 1. The summed E-state index contributed by atoms with van der Waals surface area (Å²) in [5, 5.41) is 0. The van der Waals surface area contributed by atoms with Crippen molar-refractivity contribution in [3.8, 4) is 0 Å². The summed E-state index contributed by atoms with van der Waals surface area (Å²) in [5.74, 6) is 0.189. The van der Waals surface area contributed by atoms with Crippen LogP contribution in [0.15, 0.2) is 0 Å². The summed E-state index contributed by atoms with van der Waals surface area (Å²) in [6.45, 7) is 11.1. The summed E-state index contributed by atoms with van der Waals surface area (Å²) in [7, 11) is -1.18. The Morgan fingerprint density at radius 3 is 2.08 bits per heavy atom. The van der Waals surface area contributed by atoms with Crippen molar-refractivity contribution in [1.29, 1.82) is 0 Å². The minimum Gasteiger partial charge on any atom is -0.461 e. The quantitative estimate of drug-likeness (QED) is 0.488. The molecule has 0 radical (unpaired) electrons. The molecule has 0 aromatic carbocycles. The fraction of sp³-hybridized carbons (Fsp3) is 0.889. The van der Waals surface area contributed by atoms with E-state index in [-0.39, 0.29) is 18.0 Å². The zero-order valence-corrected chi connectivity index (χ0v) is 9.55. The van der Waals surface area contributed by atoms with Gasteiger partial charge in [-0.25, -0.2) is 0 Å².